The van der Waals surface area contributed by atoms with Gasteiger partial charge in [-0.25, -0.2) is 4.98 Å². The predicted octanol–water partition coefficient (Wildman–Crippen LogP) is 6.57. The van der Waals surface area contributed by atoms with E-state index in [0.717, 1.165) is 28.8 Å². The van der Waals surface area contributed by atoms with Crippen molar-refractivity contribution in [3.8, 4) is 0 Å². The minimum absolute atomic E-state index is 0.105. The van der Waals surface area contributed by atoms with Crippen molar-refractivity contribution in [3.05, 3.63) is 86.2 Å². The molecule has 0 bridgehead atoms. The van der Waals surface area contributed by atoms with Crippen molar-refractivity contribution in [3.63, 3.8) is 0 Å². The number of benzene rings is 2. The highest BCUT2D eigenvalue weighted by molar-refractivity contribution is 8.26. The number of rotatable bonds is 9. The van der Waals surface area contributed by atoms with Gasteiger partial charge in [0.2, 0.25) is 5.91 Å². The van der Waals surface area contributed by atoms with E-state index >= 15 is 0 Å². The highest BCUT2D eigenvalue weighted by Crippen LogP contribution is 2.33. The van der Waals surface area contributed by atoms with Gasteiger partial charge in [0.15, 0.2) is 5.13 Å². The lowest BCUT2D eigenvalue weighted by molar-refractivity contribution is -0.122. The smallest absolute Gasteiger partial charge is 0.266 e. The van der Waals surface area contributed by atoms with Gasteiger partial charge in [0.25, 0.3) is 5.91 Å². The molecule has 4 rings (SSSR count). The summed E-state index contributed by atoms with van der Waals surface area (Å²) in [7, 11) is 0. The topological polar surface area (TPSA) is 62.3 Å². The number of anilines is 1. The molecule has 2 amide bonds. The number of hydrogen-bond acceptors (Lipinski definition) is 6. The van der Waals surface area contributed by atoms with E-state index < -0.39 is 0 Å². The molecule has 0 unspecified atom stereocenters. The number of carbonyl (C=O) groups excluding carboxylic acids is 2. The van der Waals surface area contributed by atoms with Gasteiger partial charge in [-0.15, -0.1) is 11.3 Å². The number of hydrogen-bond donors (Lipinski definition) is 1. The Morgan fingerprint density at radius 1 is 1.14 bits per heavy atom. The van der Waals surface area contributed by atoms with E-state index in [0.29, 0.717) is 32.3 Å². The lowest BCUT2D eigenvalue weighted by Gasteiger charge is -2.13. The fourth-order valence-electron chi connectivity index (χ4n) is 3.52. The minimum Gasteiger partial charge on any atom is -0.302 e. The van der Waals surface area contributed by atoms with Gasteiger partial charge in [-0.2, -0.15) is 0 Å². The van der Waals surface area contributed by atoms with E-state index in [-0.39, 0.29) is 18.2 Å². The normalized spacial score (nSPS) is 14.7. The summed E-state index contributed by atoms with van der Waals surface area (Å²) in [5.41, 5.74) is 3.36. The molecule has 1 saturated heterocycles. The third kappa shape index (κ3) is 7.01. The fourth-order valence-corrected chi connectivity index (χ4v) is 5.82. The number of thioether (sulfide) groups is 1. The Morgan fingerprint density at radius 3 is 2.57 bits per heavy atom. The van der Waals surface area contributed by atoms with Crippen molar-refractivity contribution in [2.24, 2.45) is 0 Å². The summed E-state index contributed by atoms with van der Waals surface area (Å²) in [5, 5.41) is 4.12. The van der Waals surface area contributed by atoms with Gasteiger partial charge in [-0.3, -0.25) is 14.5 Å². The Hall–Kier alpha value is -2.52. The van der Waals surface area contributed by atoms with Gasteiger partial charge in [-0.05, 0) is 47.7 Å². The van der Waals surface area contributed by atoms with Gasteiger partial charge in [0.1, 0.15) is 4.32 Å². The molecule has 0 aliphatic carbocycles. The molecule has 1 N–H and O–H groups in total. The molecule has 2 heterocycles. The first kappa shape index (κ1) is 25.6. The lowest BCUT2D eigenvalue weighted by Crippen LogP contribution is -2.29. The van der Waals surface area contributed by atoms with Crippen LogP contribution in [0.5, 0.6) is 0 Å². The molecule has 0 radical (unpaired) electrons. The van der Waals surface area contributed by atoms with Gasteiger partial charge in [0, 0.05) is 35.5 Å². The summed E-state index contributed by atoms with van der Waals surface area (Å²) < 4.78 is 0.526. The van der Waals surface area contributed by atoms with Gasteiger partial charge in [-0.1, -0.05) is 78.9 Å². The lowest BCUT2D eigenvalue weighted by atomic mass is 10.1. The molecule has 1 aliphatic heterocycles. The zero-order chi connectivity index (χ0) is 24.8. The highest BCUT2D eigenvalue weighted by atomic mass is 35.5. The van der Waals surface area contributed by atoms with Gasteiger partial charge >= 0.3 is 0 Å². The molecule has 2 aromatic carbocycles. The highest BCUT2D eigenvalue weighted by Gasteiger charge is 2.31. The van der Waals surface area contributed by atoms with Crippen LogP contribution in [0.25, 0.3) is 6.08 Å². The monoisotopic (exact) mass is 541 g/mol. The summed E-state index contributed by atoms with van der Waals surface area (Å²) >= 11 is 14.1. The van der Waals surface area contributed by atoms with E-state index in [9.17, 15) is 9.59 Å². The average molecular weight is 542 g/mol. The summed E-state index contributed by atoms with van der Waals surface area (Å²) in [6.07, 6.45) is 6.14. The zero-order valence-electron chi connectivity index (χ0n) is 19.1. The Balaban J connectivity index is 1.25. The quantitative estimate of drug-likeness (QED) is 0.245. The second-order valence-corrected chi connectivity index (χ2v) is 11.2. The average Bonchev–Trinajstić information content (AvgIpc) is 3.39. The van der Waals surface area contributed by atoms with E-state index in [2.05, 4.69) is 29.4 Å². The van der Waals surface area contributed by atoms with E-state index in [1.165, 1.54) is 28.7 Å². The van der Waals surface area contributed by atoms with E-state index in [4.69, 9.17) is 23.8 Å². The fraction of sp³-hybridized carbons (Fsp3) is 0.231. The number of thiocarbonyl (C=S) groups is 1. The molecule has 0 saturated carbocycles. The third-order valence-electron chi connectivity index (χ3n) is 5.44. The summed E-state index contributed by atoms with van der Waals surface area (Å²) in [5.74, 6) is -0.235. The van der Waals surface area contributed by atoms with E-state index in [1.54, 1.807) is 11.1 Å². The molecule has 1 fully saturated rings. The van der Waals surface area contributed by atoms with Crippen LogP contribution in [-0.2, 0) is 22.4 Å². The van der Waals surface area contributed by atoms with Crippen molar-refractivity contribution >= 4 is 74.3 Å². The summed E-state index contributed by atoms with van der Waals surface area (Å²) in [6.45, 7) is 2.52. The number of aromatic nitrogens is 1. The van der Waals surface area contributed by atoms with Crippen LogP contribution in [0.3, 0.4) is 0 Å². The molecular formula is C26H24ClN3O2S3. The van der Waals surface area contributed by atoms with Crippen molar-refractivity contribution in [2.45, 2.75) is 32.6 Å². The number of nitrogens with zero attached hydrogens (tertiary/aromatic N) is 2. The predicted molar refractivity (Wildman–Crippen MR) is 150 cm³/mol. The minimum atomic E-state index is -0.130. The molecule has 35 heavy (non-hydrogen) atoms. The maximum atomic E-state index is 12.8. The van der Waals surface area contributed by atoms with Crippen LogP contribution >= 0.6 is 46.9 Å². The number of halogens is 1. The summed E-state index contributed by atoms with van der Waals surface area (Å²) in [6, 6.07) is 15.8. The molecule has 0 spiro atoms. The molecule has 180 valence electrons. The first-order valence-electron chi connectivity index (χ1n) is 11.2. The number of nitrogens with one attached hydrogen (secondary N) is 1. The molecule has 1 aromatic heterocycles. The largest absolute Gasteiger partial charge is 0.302 e. The Morgan fingerprint density at radius 2 is 1.86 bits per heavy atom. The summed E-state index contributed by atoms with van der Waals surface area (Å²) in [4.78, 5) is 32.8. The van der Waals surface area contributed by atoms with Crippen LogP contribution in [0, 0.1) is 0 Å². The second-order valence-electron chi connectivity index (χ2n) is 8.02. The van der Waals surface area contributed by atoms with Crippen LogP contribution in [0.2, 0.25) is 5.02 Å². The third-order valence-corrected chi connectivity index (χ3v) is 7.98. The maximum Gasteiger partial charge on any atom is 0.266 e. The first-order valence-corrected chi connectivity index (χ1v) is 13.7. The SMILES string of the molecule is CCc1ccc(/C=C2/SC(=S)N(CCCC(=O)Nc3ncc(Cc4ccc(Cl)cc4)s3)C2=O)cc1. The Kier molecular flexibility index (Phi) is 8.73. The Labute approximate surface area is 223 Å². The van der Waals surface area contributed by atoms with Gasteiger partial charge < -0.3 is 5.32 Å². The zero-order valence-corrected chi connectivity index (χ0v) is 22.3. The van der Waals surface area contributed by atoms with Crippen molar-refractivity contribution < 1.29 is 9.59 Å². The van der Waals surface area contributed by atoms with Crippen molar-refractivity contribution in [1.29, 1.82) is 0 Å². The molecule has 3 aromatic rings. The number of amides is 2. The number of thiazole rings is 1. The van der Waals surface area contributed by atoms with E-state index in [1.807, 2.05) is 42.5 Å². The Bertz CT molecular complexity index is 1250. The number of carbonyl (C=O) groups is 2. The van der Waals surface area contributed by atoms with Crippen LogP contribution in [0.1, 0.15) is 41.3 Å². The van der Waals surface area contributed by atoms with Crippen LogP contribution in [0.4, 0.5) is 5.13 Å². The van der Waals surface area contributed by atoms with Crippen molar-refractivity contribution in [1.82, 2.24) is 9.88 Å². The molecule has 0 atom stereocenters. The molecular weight excluding hydrogens is 518 g/mol. The van der Waals surface area contributed by atoms with Crippen LogP contribution < -0.4 is 5.32 Å². The molecule has 9 heteroatoms. The van der Waals surface area contributed by atoms with Crippen LogP contribution in [-0.4, -0.2) is 32.6 Å². The number of aryl methyl sites for hydroxylation is 1. The van der Waals surface area contributed by atoms with Crippen molar-refractivity contribution in [2.75, 3.05) is 11.9 Å². The maximum absolute atomic E-state index is 12.8. The first-order chi connectivity index (χ1) is 16.9. The molecule has 5 nitrogen and oxygen atoms in total. The standard InChI is InChI=1S/C26H24ClN3O2S3/c1-2-17-5-7-19(8-6-17)15-22-24(32)30(26(33)35-22)13-3-4-23(31)29-25-28-16-21(34-25)14-18-9-11-20(27)12-10-18/h5-12,15-16H,2-4,13-14H2,1H3,(H,28,29,31)/b22-15+. The molecule has 1 aliphatic rings. The van der Waals surface area contributed by atoms with Crippen LogP contribution in [0.15, 0.2) is 59.6 Å². The van der Waals surface area contributed by atoms with Gasteiger partial charge in [0.05, 0.1) is 4.91 Å². The second kappa shape index (κ2) is 11.9.